The summed E-state index contributed by atoms with van der Waals surface area (Å²) in [6, 6.07) is 3.56. The van der Waals surface area contributed by atoms with Gasteiger partial charge < -0.3 is 0 Å². The summed E-state index contributed by atoms with van der Waals surface area (Å²) < 4.78 is 0.848. The molecule has 1 aromatic carbocycles. The van der Waals surface area contributed by atoms with Gasteiger partial charge in [-0.25, -0.2) is 0 Å². The topological polar surface area (TPSA) is 43.1 Å². The van der Waals surface area contributed by atoms with Crippen molar-refractivity contribution in [2.24, 2.45) is 0 Å². The van der Waals surface area contributed by atoms with Crippen LogP contribution in [0.25, 0.3) is 0 Å². The molecule has 0 aromatic heterocycles. The summed E-state index contributed by atoms with van der Waals surface area (Å²) in [6.45, 7) is 3.87. The molecule has 3 nitrogen and oxygen atoms in total. The average molecular weight is 309 g/mol. The molecule has 0 saturated carbocycles. The molecule has 0 saturated heterocycles. The van der Waals surface area contributed by atoms with Crippen LogP contribution < -0.4 is 4.46 Å². The molecule has 0 aliphatic carbocycles. The molecule has 0 aliphatic heterocycles. The first kappa shape index (κ1) is 10.7. The summed E-state index contributed by atoms with van der Waals surface area (Å²) in [6.07, 6.45) is 0. The summed E-state index contributed by atoms with van der Waals surface area (Å²) in [4.78, 5) is 10.3. The minimum atomic E-state index is -0.309. The predicted octanol–water partition coefficient (Wildman–Crippen LogP) is 0.357. The summed E-state index contributed by atoms with van der Waals surface area (Å²) >= 11 is 2.54. The Morgan fingerprint density at radius 1 is 1.38 bits per heavy atom. The number of aryl methyl sites for hydroxylation is 2. The van der Waals surface area contributed by atoms with Crippen molar-refractivity contribution >= 4 is 37.5 Å². The van der Waals surface area contributed by atoms with Crippen LogP contribution >= 0.6 is 0 Å². The van der Waals surface area contributed by atoms with Crippen LogP contribution in [0.15, 0.2) is 12.1 Å². The van der Waals surface area contributed by atoms with Crippen LogP contribution in [0.3, 0.4) is 0 Å². The second-order valence-electron chi connectivity index (χ2n) is 2.75. The van der Waals surface area contributed by atoms with Gasteiger partial charge in [0.2, 0.25) is 0 Å². The first-order valence-electron chi connectivity index (χ1n) is 3.63. The molecule has 13 heavy (non-hydrogen) atoms. The van der Waals surface area contributed by atoms with Crippen molar-refractivity contribution in [3.63, 3.8) is 0 Å². The van der Waals surface area contributed by atoms with Crippen molar-refractivity contribution in [2.45, 2.75) is 13.8 Å². The quantitative estimate of drug-likeness (QED) is 0.450. The van der Waals surface area contributed by atoms with Crippen LogP contribution in [-0.2, 0) is 0 Å². The molecule has 0 aliphatic rings. The van der Waals surface area contributed by atoms with E-state index in [1.807, 2.05) is 19.9 Å². The van der Waals surface area contributed by atoms with Gasteiger partial charge in [0.15, 0.2) is 0 Å². The molecule has 0 spiro atoms. The summed E-state index contributed by atoms with van der Waals surface area (Å²) in [5.74, 6) is 0. The van der Waals surface area contributed by atoms with Gasteiger partial charge in [0.05, 0.1) is 0 Å². The third-order valence-electron chi connectivity index (χ3n) is 1.87. The number of rotatable bonds is 2. The fourth-order valence-electron chi connectivity index (χ4n) is 0.990. The molecule has 70 valence electrons. The van der Waals surface area contributed by atoms with E-state index in [0.29, 0.717) is 0 Å². The fourth-order valence-corrected chi connectivity index (χ4v) is 3.54. The number of hydrogen-bond donors (Lipinski definition) is 0. The Balaban J connectivity index is 3.33. The SMILES string of the molecule is Cc1cc([Se][SeH])c([N+](=O)[O-])cc1C. The molecule has 0 atom stereocenters. The fraction of sp³-hybridized carbons (Fsp3) is 0.250. The second kappa shape index (κ2) is 4.25. The van der Waals surface area contributed by atoms with Crippen molar-refractivity contribution in [1.82, 2.24) is 0 Å². The van der Waals surface area contributed by atoms with Gasteiger partial charge in [-0.2, -0.15) is 0 Å². The van der Waals surface area contributed by atoms with Crippen LogP contribution in [0.2, 0.25) is 0 Å². The molecule has 1 rings (SSSR count). The standard InChI is InChI=1S/C8H9NO2Se2/c1-5-3-7(9(10)11)8(13-12)4-6(5)2/h3-4,12H,1-2H3. The van der Waals surface area contributed by atoms with Crippen LogP contribution in [0, 0.1) is 24.0 Å². The van der Waals surface area contributed by atoms with Crippen LogP contribution in [0.4, 0.5) is 5.69 Å². The van der Waals surface area contributed by atoms with E-state index in [4.69, 9.17) is 0 Å². The normalized spacial score (nSPS) is 10.1. The Kier molecular flexibility index (Phi) is 3.51. The Morgan fingerprint density at radius 3 is 2.38 bits per heavy atom. The van der Waals surface area contributed by atoms with E-state index in [-0.39, 0.29) is 23.7 Å². The first-order chi connectivity index (χ1) is 6.06. The maximum atomic E-state index is 10.7. The first-order valence-corrected chi connectivity index (χ1v) is 9.23. The Bertz CT molecular complexity index is 352. The van der Waals surface area contributed by atoms with E-state index in [2.05, 4.69) is 14.2 Å². The van der Waals surface area contributed by atoms with Crippen LogP contribution in [0.1, 0.15) is 11.1 Å². The number of nitro groups is 1. The zero-order chi connectivity index (χ0) is 10.0. The van der Waals surface area contributed by atoms with Gasteiger partial charge in [0.1, 0.15) is 0 Å². The number of nitro benzene ring substituents is 1. The van der Waals surface area contributed by atoms with Gasteiger partial charge in [-0.15, -0.1) is 0 Å². The molecule has 1 aromatic rings. The third kappa shape index (κ3) is 2.32. The minimum absolute atomic E-state index is 0.119. The summed E-state index contributed by atoms with van der Waals surface area (Å²) in [5, 5.41) is 10.7. The molecular formula is C8H9NO2Se2. The summed E-state index contributed by atoms with van der Waals surface area (Å²) in [7, 11) is 0. The van der Waals surface area contributed by atoms with Gasteiger partial charge in [0, 0.05) is 0 Å². The summed E-state index contributed by atoms with van der Waals surface area (Å²) in [5.41, 5.74) is 2.35. The average Bonchev–Trinajstić information content (AvgIpc) is 2.08. The Hall–Kier alpha value is -0.341. The number of benzene rings is 1. The van der Waals surface area contributed by atoms with Crippen molar-refractivity contribution in [2.75, 3.05) is 0 Å². The van der Waals surface area contributed by atoms with Crippen LogP contribution in [0.5, 0.6) is 0 Å². The molecule has 5 heteroatoms. The van der Waals surface area contributed by atoms with E-state index in [0.717, 1.165) is 15.6 Å². The van der Waals surface area contributed by atoms with Gasteiger partial charge in [0.25, 0.3) is 0 Å². The van der Waals surface area contributed by atoms with Crippen molar-refractivity contribution < 1.29 is 4.92 Å². The van der Waals surface area contributed by atoms with E-state index < -0.39 is 0 Å². The van der Waals surface area contributed by atoms with Gasteiger partial charge in [-0.3, -0.25) is 0 Å². The van der Waals surface area contributed by atoms with Crippen molar-refractivity contribution in [1.29, 1.82) is 0 Å². The third-order valence-corrected chi connectivity index (χ3v) is 5.11. The van der Waals surface area contributed by atoms with Crippen LogP contribution in [-0.4, -0.2) is 32.2 Å². The van der Waals surface area contributed by atoms with E-state index in [9.17, 15) is 10.1 Å². The van der Waals surface area contributed by atoms with E-state index >= 15 is 0 Å². The molecule has 0 heterocycles. The maximum absolute atomic E-state index is 10.7. The Labute approximate surface area is 89.6 Å². The predicted molar refractivity (Wildman–Crippen MR) is 55.1 cm³/mol. The Morgan fingerprint density at radius 2 is 1.92 bits per heavy atom. The second-order valence-corrected chi connectivity index (χ2v) is 6.05. The molecule has 0 amide bonds. The zero-order valence-electron chi connectivity index (χ0n) is 7.27. The van der Waals surface area contributed by atoms with Crippen molar-refractivity contribution in [3.05, 3.63) is 33.4 Å². The zero-order valence-corrected chi connectivity index (χ0v) is 10.9. The monoisotopic (exact) mass is 311 g/mol. The number of nitrogens with zero attached hydrogens (tertiary/aromatic N) is 1. The van der Waals surface area contributed by atoms with E-state index in [1.165, 1.54) is 0 Å². The van der Waals surface area contributed by atoms with Gasteiger partial charge in [-0.05, 0) is 0 Å². The number of hydrogen-bond acceptors (Lipinski definition) is 2. The van der Waals surface area contributed by atoms with Gasteiger partial charge >= 0.3 is 89.6 Å². The molecule has 0 fully saturated rings. The molecule has 0 radical (unpaired) electrons. The molecule has 0 unspecified atom stereocenters. The molecule has 0 bridgehead atoms. The molecular weight excluding hydrogens is 300 g/mol. The van der Waals surface area contributed by atoms with E-state index in [1.54, 1.807) is 6.07 Å². The molecule has 0 N–H and O–H groups in total. The van der Waals surface area contributed by atoms with Crippen molar-refractivity contribution in [3.8, 4) is 0 Å². The van der Waals surface area contributed by atoms with Gasteiger partial charge in [-0.1, -0.05) is 0 Å².